The molecule has 1 amide bonds. The lowest BCUT2D eigenvalue weighted by Crippen LogP contribution is -2.19. The highest BCUT2D eigenvalue weighted by Gasteiger charge is 2.14. The van der Waals surface area contributed by atoms with Crippen LogP contribution in [0.3, 0.4) is 0 Å². The standard InChI is InChI=1S/C18H20N2O/c1-14-7-2-3-10-17(14)19-18(21)15-8-6-9-16(13-15)20-11-4-5-12-20/h2-3,6-10,13H,4-5,11-12H2,1H3,(H,19,21). The number of amides is 1. The molecule has 0 aromatic heterocycles. The molecule has 0 bridgehead atoms. The van der Waals surface area contributed by atoms with Gasteiger partial charge in [0.05, 0.1) is 0 Å². The summed E-state index contributed by atoms with van der Waals surface area (Å²) < 4.78 is 0. The van der Waals surface area contributed by atoms with E-state index in [1.54, 1.807) is 0 Å². The van der Waals surface area contributed by atoms with Gasteiger partial charge in [-0.15, -0.1) is 0 Å². The fraction of sp³-hybridized carbons (Fsp3) is 0.278. The van der Waals surface area contributed by atoms with Gasteiger partial charge in [-0.25, -0.2) is 0 Å². The van der Waals surface area contributed by atoms with Gasteiger partial charge in [0.25, 0.3) is 5.91 Å². The zero-order valence-electron chi connectivity index (χ0n) is 12.3. The van der Waals surface area contributed by atoms with Gasteiger partial charge in [0, 0.05) is 30.0 Å². The van der Waals surface area contributed by atoms with E-state index in [9.17, 15) is 4.79 Å². The number of hydrogen-bond donors (Lipinski definition) is 1. The van der Waals surface area contributed by atoms with E-state index < -0.39 is 0 Å². The number of benzene rings is 2. The first-order valence-corrected chi connectivity index (χ1v) is 7.46. The molecule has 3 heteroatoms. The Kier molecular flexibility index (Phi) is 3.91. The van der Waals surface area contributed by atoms with Gasteiger partial charge in [-0.05, 0) is 49.6 Å². The van der Waals surface area contributed by atoms with E-state index in [4.69, 9.17) is 0 Å². The van der Waals surface area contributed by atoms with Crippen molar-refractivity contribution in [3.8, 4) is 0 Å². The second-order valence-electron chi connectivity index (χ2n) is 5.51. The van der Waals surface area contributed by atoms with Crippen molar-refractivity contribution in [2.24, 2.45) is 0 Å². The SMILES string of the molecule is Cc1ccccc1NC(=O)c1cccc(N2CCCC2)c1. The lowest BCUT2D eigenvalue weighted by atomic mass is 10.1. The van der Waals surface area contributed by atoms with Gasteiger partial charge in [0.15, 0.2) is 0 Å². The molecule has 0 radical (unpaired) electrons. The van der Waals surface area contributed by atoms with Crippen LogP contribution >= 0.6 is 0 Å². The van der Waals surface area contributed by atoms with Gasteiger partial charge in [-0.1, -0.05) is 24.3 Å². The van der Waals surface area contributed by atoms with Gasteiger partial charge in [0.1, 0.15) is 0 Å². The summed E-state index contributed by atoms with van der Waals surface area (Å²) in [6.07, 6.45) is 2.47. The van der Waals surface area contributed by atoms with E-state index in [1.165, 1.54) is 12.8 Å². The summed E-state index contributed by atoms with van der Waals surface area (Å²) in [7, 11) is 0. The number of nitrogens with zero attached hydrogens (tertiary/aromatic N) is 1. The number of para-hydroxylation sites is 1. The van der Waals surface area contributed by atoms with E-state index in [-0.39, 0.29) is 5.91 Å². The van der Waals surface area contributed by atoms with Crippen LogP contribution in [-0.4, -0.2) is 19.0 Å². The highest BCUT2D eigenvalue weighted by atomic mass is 16.1. The topological polar surface area (TPSA) is 32.3 Å². The van der Waals surface area contributed by atoms with Gasteiger partial charge in [-0.3, -0.25) is 4.79 Å². The lowest BCUT2D eigenvalue weighted by molar-refractivity contribution is 0.102. The molecule has 1 N–H and O–H groups in total. The predicted octanol–water partition coefficient (Wildman–Crippen LogP) is 3.85. The summed E-state index contributed by atoms with van der Waals surface area (Å²) in [4.78, 5) is 14.7. The van der Waals surface area contributed by atoms with Crippen LogP contribution in [-0.2, 0) is 0 Å². The molecule has 1 aliphatic heterocycles. The van der Waals surface area contributed by atoms with Crippen molar-refractivity contribution < 1.29 is 4.79 Å². The zero-order valence-corrected chi connectivity index (χ0v) is 12.3. The van der Waals surface area contributed by atoms with Crippen molar-refractivity contribution in [1.29, 1.82) is 0 Å². The van der Waals surface area contributed by atoms with Gasteiger partial charge >= 0.3 is 0 Å². The average molecular weight is 280 g/mol. The molecule has 0 spiro atoms. The van der Waals surface area contributed by atoms with Crippen LogP contribution in [0.5, 0.6) is 0 Å². The summed E-state index contributed by atoms with van der Waals surface area (Å²) >= 11 is 0. The normalized spacial score (nSPS) is 14.2. The summed E-state index contributed by atoms with van der Waals surface area (Å²) in [5.41, 5.74) is 3.79. The first-order valence-electron chi connectivity index (χ1n) is 7.46. The number of rotatable bonds is 3. The number of hydrogen-bond acceptors (Lipinski definition) is 2. The molecule has 1 saturated heterocycles. The molecule has 2 aromatic carbocycles. The molecule has 0 unspecified atom stereocenters. The maximum Gasteiger partial charge on any atom is 0.255 e. The Balaban J connectivity index is 1.78. The Labute approximate surface area is 125 Å². The third-order valence-electron chi connectivity index (χ3n) is 3.97. The minimum Gasteiger partial charge on any atom is -0.372 e. The Hall–Kier alpha value is -2.29. The van der Waals surface area contributed by atoms with Crippen LogP contribution in [0.15, 0.2) is 48.5 Å². The van der Waals surface area contributed by atoms with Gasteiger partial charge in [0.2, 0.25) is 0 Å². The summed E-state index contributed by atoms with van der Waals surface area (Å²) in [6, 6.07) is 15.7. The van der Waals surface area contributed by atoms with Crippen LogP contribution in [0, 0.1) is 6.92 Å². The van der Waals surface area contributed by atoms with Crippen molar-refractivity contribution >= 4 is 17.3 Å². The molecule has 1 aliphatic rings. The second-order valence-corrected chi connectivity index (χ2v) is 5.51. The maximum atomic E-state index is 12.4. The average Bonchev–Trinajstić information content (AvgIpc) is 3.04. The first-order chi connectivity index (χ1) is 10.2. The van der Waals surface area contributed by atoms with Gasteiger partial charge < -0.3 is 10.2 Å². The molecule has 21 heavy (non-hydrogen) atoms. The maximum absolute atomic E-state index is 12.4. The third-order valence-corrected chi connectivity index (χ3v) is 3.97. The number of nitrogens with one attached hydrogen (secondary N) is 1. The Bertz CT molecular complexity index is 645. The molecular formula is C18H20N2O. The fourth-order valence-corrected chi connectivity index (χ4v) is 2.73. The van der Waals surface area contributed by atoms with Crippen molar-refractivity contribution in [3.05, 3.63) is 59.7 Å². The minimum atomic E-state index is -0.0506. The van der Waals surface area contributed by atoms with Crippen molar-refractivity contribution in [2.45, 2.75) is 19.8 Å². The highest BCUT2D eigenvalue weighted by molar-refractivity contribution is 6.05. The van der Waals surface area contributed by atoms with E-state index in [1.807, 2.05) is 49.4 Å². The summed E-state index contributed by atoms with van der Waals surface area (Å²) in [5.74, 6) is -0.0506. The molecule has 3 rings (SSSR count). The van der Waals surface area contributed by atoms with Crippen molar-refractivity contribution in [2.75, 3.05) is 23.3 Å². The Morgan fingerprint density at radius 2 is 1.81 bits per heavy atom. The zero-order chi connectivity index (χ0) is 14.7. The highest BCUT2D eigenvalue weighted by Crippen LogP contribution is 2.22. The number of carbonyl (C=O) groups excluding carboxylic acids is 1. The molecule has 3 nitrogen and oxygen atoms in total. The molecule has 1 fully saturated rings. The van der Waals surface area contributed by atoms with Crippen molar-refractivity contribution in [1.82, 2.24) is 0 Å². The molecule has 0 saturated carbocycles. The molecular weight excluding hydrogens is 260 g/mol. The van der Waals surface area contributed by atoms with Crippen LogP contribution in [0.25, 0.3) is 0 Å². The minimum absolute atomic E-state index is 0.0506. The third kappa shape index (κ3) is 3.07. The number of anilines is 2. The predicted molar refractivity (Wildman–Crippen MR) is 87.0 cm³/mol. The van der Waals surface area contributed by atoms with Crippen molar-refractivity contribution in [3.63, 3.8) is 0 Å². The van der Waals surface area contributed by atoms with E-state index in [0.717, 1.165) is 30.0 Å². The van der Waals surface area contributed by atoms with Crippen LogP contribution in [0.1, 0.15) is 28.8 Å². The van der Waals surface area contributed by atoms with Crippen LogP contribution < -0.4 is 10.2 Å². The largest absolute Gasteiger partial charge is 0.372 e. The Morgan fingerprint density at radius 3 is 2.57 bits per heavy atom. The molecule has 0 atom stereocenters. The molecule has 1 heterocycles. The Morgan fingerprint density at radius 1 is 1.05 bits per heavy atom. The summed E-state index contributed by atoms with van der Waals surface area (Å²) in [5, 5.41) is 2.99. The monoisotopic (exact) mass is 280 g/mol. The van der Waals surface area contributed by atoms with E-state index in [2.05, 4.69) is 16.3 Å². The quantitative estimate of drug-likeness (QED) is 0.926. The number of aryl methyl sites for hydroxylation is 1. The molecule has 2 aromatic rings. The number of carbonyl (C=O) groups is 1. The smallest absolute Gasteiger partial charge is 0.255 e. The molecule has 0 aliphatic carbocycles. The first kappa shape index (κ1) is 13.7. The fourth-order valence-electron chi connectivity index (χ4n) is 2.73. The van der Waals surface area contributed by atoms with Crippen LogP contribution in [0.2, 0.25) is 0 Å². The second kappa shape index (κ2) is 6.00. The van der Waals surface area contributed by atoms with Gasteiger partial charge in [-0.2, -0.15) is 0 Å². The van der Waals surface area contributed by atoms with Crippen LogP contribution in [0.4, 0.5) is 11.4 Å². The van der Waals surface area contributed by atoms with E-state index >= 15 is 0 Å². The molecule has 108 valence electrons. The summed E-state index contributed by atoms with van der Waals surface area (Å²) in [6.45, 7) is 4.17. The lowest BCUT2D eigenvalue weighted by Gasteiger charge is -2.18. The van der Waals surface area contributed by atoms with E-state index in [0.29, 0.717) is 5.56 Å².